The summed E-state index contributed by atoms with van der Waals surface area (Å²) in [6.45, 7) is 2.58. The molecule has 2 heterocycles. The van der Waals surface area contributed by atoms with Crippen LogP contribution < -0.4 is 0 Å². The molecule has 1 aliphatic rings. The van der Waals surface area contributed by atoms with Gasteiger partial charge < -0.3 is 9.84 Å². The molecule has 1 aliphatic heterocycles. The number of nitrogens with zero attached hydrogens (tertiary/aromatic N) is 1. The van der Waals surface area contributed by atoms with Gasteiger partial charge in [0.05, 0.1) is 28.4 Å². The molecule has 1 fully saturated rings. The number of pyridine rings is 1. The van der Waals surface area contributed by atoms with Crippen molar-refractivity contribution < 1.29 is 18.8 Å². The molecule has 98 valence electrons. The maximum absolute atomic E-state index is 12.1. The van der Waals surface area contributed by atoms with Crippen molar-refractivity contribution in [3.63, 3.8) is 0 Å². The Labute approximate surface area is 108 Å². The Hall–Kier alpha value is -1.27. The average molecular weight is 269 g/mol. The SMILES string of the molecule is CC1OCCC1S(=O)Cc1ccc(C(=O)O)cn1. The zero-order chi connectivity index (χ0) is 13.1. The molecule has 6 heteroatoms. The molecule has 3 unspecified atom stereocenters. The summed E-state index contributed by atoms with van der Waals surface area (Å²) in [4.78, 5) is 14.7. The van der Waals surface area contributed by atoms with Crippen molar-refractivity contribution >= 4 is 16.8 Å². The highest BCUT2D eigenvalue weighted by atomic mass is 32.2. The molecular weight excluding hydrogens is 254 g/mol. The van der Waals surface area contributed by atoms with E-state index in [0.717, 1.165) is 6.42 Å². The lowest BCUT2D eigenvalue weighted by Gasteiger charge is -2.13. The van der Waals surface area contributed by atoms with Gasteiger partial charge in [0.25, 0.3) is 0 Å². The third-order valence-electron chi connectivity index (χ3n) is 3.01. The van der Waals surface area contributed by atoms with E-state index < -0.39 is 16.8 Å². The van der Waals surface area contributed by atoms with E-state index in [9.17, 15) is 9.00 Å². The van der Waals surface area contributed by atoms with Crippen LogP contribution in [0.4, 0.5) is 0 Å². The lowest BCUT2D eigenvalue weighted by atomic mass is 10.2. The Morgan fingerprint density at radius 2 is 2.39 bits per heavy atom. The van der Waals surface area contributed by atoms with E-state index in [1.54, 1.807) is 6.07 Å². The number of aromatic carboxylic acids is 1. The first-order valence-electron chi connectivity index (χ1n) is 5.75. The van der Waals surface area contributed by atoms with Crippen LogP contribution in [0.5, 0.6) is 0 Å². The third kappa shape index (κ3) is 2.94. The molecule has 5 nitrogen and oxygen atoms in total. The molecule has 0 saturated carbocycles. The highest BCUT2D eigenvalue weighted by Gasteiger charge is 2.29. The summed E-state index contributed by atoms with van der Waals surface area (Å²) in [5.41, 5.74) is 0.791. The largest absolute Gasteiger partial charge is 0.478 e. The predicted octanol–water partition coefficient (Wildman–Crippen LogP) is 1.21. The summed E-state index contributed by atoms with van der Waals surface area (Å²) < 4.78 is 17.5. The molecule has 18 heavy (non-hydrogen) atoms. The van der Waals surface area contributed by atoms with Crippen LogP contribution in [-0.4, -0.2) is 38.2 Å². The summed E-state index contributed by atoms with van der Waals surface area (Å²) >= 11 is 0. The minimum Gasteiger partial charge on any atom is -0.478 e. The van der Waals surface area contributed by atoms with Crippen molar-refractivity contribution in [3.8, 4) is 0 Å². The fraction of sp³-hybridized carbons (Fsp3) is 0.500. The summed E-state index contributed by atoms with van der Waals surface area (Å²) in [5, 5.41) is 8.80. The second-order valence-corrected chi connectivity index (χ2v) is 5.93. The monoisotopic (exact) mass is 269 g/mol. The first-order valence-corrected chi connectivity index (χ1v) is 7.13. The van der Waals surface area contributed by atoms with Crippen LogP contribution in [0, 0.1) is 0 Å². The normalized spacial score (nSPS) is 24.9. The topological polar surface area (TPSA) is 76.5 Å². The van der Waals surface area contributed by atoms with Crippen molar-refractivity contribution in [2.75, 3.05) is 6.61 Å². The van der Waals surface area contributed by atoms with Gasteiger partial charge in [-0.1, -0.05) is 0 Å². The van der Waals surface area contributed by atoms with Gasteiger partial charge in [0, 0.05) is 23.6 Å². The maximum Gasteiger partial charge on any atom is 0.337 e. The zero-order valence-electron chi connectivity index (χ0n) is 10.0. The highest BCUT2D eigenvalue weighted by Crippen LogP contribution is 2.20. The molecular formula is C12H15NO4S. The van der Waals surface area contributed by atoms with Gasteiger partial charge in [0.1, 0.15) is 0 Å². The number of rotatable bonds is 4. The molecule has 1 saturated heterocycles. The lowest BCUT2D eigenvalue weighted by Crippen LogP contribution is -2.24. The first kappa shape index (κ1) is 13.2. The number of carbonyl (C=O) groups is 1. The summed E-state index contributed by atoms with van der Waals surface area (Å²) in [5.74, 6) is -0.661. The minimum absolute atomic E-state index is 0.0177. The molecule has 0 amide bonds. The number of carboxylic acid groups (broad SMARTS) is 1. The van der Waals surface area contributed by atoms with Crippen LogP contribution >= 0.6 is 0 Å². The van der Waals surface area contributed by atoms with Crippen LogP contribution in [0.1, 0.15) is 29.4 Å². The van der Waals surface area contributed by atoms with E-state index in [1.807, 2.05) is 6.92 Å². The fourth-order valence-electron chi connectivity index (χ4n) is 1.95. The lowest BCUT2D eigenvalue weighted by molar-refractivity contribution is 0.0696. The fourth-order valence-corrected chi connectivity index (χ4v) is 3.49. The van der Waals surface area contributed by atoms with E-state index in [0.29, 0.717) is 18.1 Å². The Balaban J connectivity index is 2.00. The van der Waals surface area contributed by atoms with Crippen molar-refractivity contribution in [3.05, 3.63) is 29.6 Å². The van der Waals surface area contributed by atoms with Gasteiger partial charge >= 0.3 is 5.97 Å². The second-order valence-electron chi connectivity index (χ2n) is 4.27. The summed E-state index contributed by atoms with van der Waals surface area (Å²) in [6, 6.07) is 3.10. The molecule has 1 aromatic heterocycles. The van der Waals surface area contributed by atoms with E-state index in [2.05, 4.69) is 4.98 Å². The van der Waals surface area contributed by atoms with Crippen LogP contribution in [0.3, 0.4) is 0 Å². The van der Waals surface area contributed by atoms with Crippen molar-refractivity contribution in [1.29, 1.82) is 0 Å². The molecule has 1 N–H and O–H groups in total. The van der Waals surface area contributed by atoms with Crippen LogP contribution in [0.2, 0.25) is 0 Å². The Morgan fingerprint density at radius 3 is 2.89 bits per heavy atom. The van der Waals surface area contributed by atoms with Gasteiger partial charge in [-0.2, -0.15) is 0 Å². The van der Waals surface area contributed by atoms with E-state index in [4.69, 9.17) is 9.84 Å². The molecule has 0 spiro atoms. The predicted molar refractivity (Wildman–Crippen MR) is 66.9 cm³/mol. The average Bonchev–Trinajstić information content (AvgIpc) is 2.76. The summed E-state index contributed by atoms with van der Waals surface area (Å²) in [6.07, 6.45) is 2.12. The van der Waals surface area contributed by atoms with Crippen molar-refractivity contribution in [2.45, 2.75) is 30.5 Å². The van der Waals surface area contributed by atoms with Gasteiger partial charge in [0.15, 0.2) is 0 Å². The molecule has 0 aromatic carbocycles. The van der Waals surface area contributed by atoms with Crippen LogP contribution in [0.15, 0.2) is 18.3 Å². The highest BCUT2D eigenvalue weighted by molar-refractivity contribution is 7.84. The minimum atomic E-state index is -1.03. The number of hydrogen-bond donors (Lipinski definition) is 1. The molecule has 1 aromatic rings. The Morgan fingerprint density at radius 1 is 1.61 bits per heavy atom. The standard InChI is InChI=1S/C12H15NO4S/c1-8-11(4-5-17-8)18(16)7-10-3-2-9(6-13-10)12(14)15/h2-3,6,8,11H,4-5,7H2,1H3,(H,14,15). The molecule has 0 bridgehead atoms. The number of carboxylic acids is 1. The molecule has 3 atom stereocenters. The molecule has 2 rings (SSSR count). The number of ether oxygens (including phenoxy) is 1. The molecule has 0 aliphatic carbocycles. The smallest absolute Gasteiger partial charge is 0.337 e. The number of aromatic nitrogens is 1. The van der Waals surface area contributed by atoms with Crippen LogP contribution in [0.25, 0.3) is 0 Å². The first-order chi connectivity index (χ1) is 8.58. The van der Waals surface area contributed by atoms with E-state index in [1.165, 1.54) is 12.3 Å². The van der Waals surface area contributed by atoms with Gasteiger partial charge in [-0.3, -0.25) is 9.19 Å². The van der Waals surface area contributed by atoms with Gasteiger partial charge in [-0.05, 0) is 25.5 Å². The summed E-state index contributed by atoms with van der Waals surface area (Å²) in [7, 11) is -1.03. The van der Waals surface area contributed by atoms with Gasteiger partial charge in [0.2, 0.25) is 0 Å². The van der Waals surface area contributed by atoms with Gasteiger partial charge in [-0.25, -0.2) is 4.79 Å². The molecule has 0 radical (unpaired) electrons. The van der Waals surface area contributed by atoms with Crippen molar-refractivity contribution in [1.82, 2.24) is 4.98 Å². The Kier molecular flexibility index (Phi) is 4.08. The van der Waals surface area contributed by atoms with Crippen LogP contribution in [-0.2, 0) is 21.3 Å². The Bertz CT molecular complexity index is 460. The quantitative estimate of drug-likeness (QED) is 0.889. The maximum atomic E-state index is 12.1. The number of hydrogen-bond acceptors (Lipinski definition) is 4. The van der Waals surface area contributed by atoms with Crippen molar-refractivity contribution in [2.24, 2.45) is 0 Å². The van der Waals surface area contributed by atoms with Gasteiger partial charge in [-0.15, -0.1) is 0 Å². The van der Waals surface area contributed by atoms with E-state index in [-0.39, 0.29) is 16.9 Å². The zero-order valence-corrected chi connectivity index (χ0v) is 10.9. The second kappa shape index (κ2) is 5.58. The van der Waals surface area contributed by atoms with E-state index >= 15 is 0 Å². The third-order valence-corrected chi connectivity index (χ3v) is 4.88.